The average Bonchev–Trinajstić information content (AvgIpc) is 2.55. The van der Waals surface area contributed by atoms with Crippen LogP contribution in [0.4, 0.5) is 14.9 Å². The zero-order valence-electron chi connectivity index (χ0n) is 14.5. The summed E-state index contributed by atoms with van der Waals surface area (Å²) in [6.07, 6.45) is 3.65. The molecule has 0 saturated heterocycles. The van der Waals surface area contributed by atoms with Gasteiger partial charge in [0, 0.05) is 42.5 Å². The number of amides is 1. The van der Waals surface area contributed by atoms with E-state index in [2.05, 4.69) is 27.1 Å². The van der Waals surface area contributed by atoms with Gasteiger partial charge < -0.3 is 20.1 Å². The van der Waals surface area contributed by atoms with Gasteiger partial charge in [0.25, 0.3) is 0 Å². The minimum absolute atomic E-state index is 0.349. The van der Waals surface area contributed by atoms with Gasteiger partial charge in [-0.25, -0.2) is 9.18 Å². The van der Waals surface area contributed by atoms with Crippen LogP contribution in [0, 0.1) is 11.2 Å². The number of hydrogen-bond acceptors (Lipinski definition) is 4. The highest BCUT2D eigenvalue weighted by Gasteiger charge is 2.24. The summed E-state index contributed by atoms with van der Waals surface area (Å²) >= 11 is 2.19. The van der Waals surface area contributed by atoms with E-state index in [0.29, 0.717) is 37.0 Å². The first-order valence-corrected chi connectivity index (χ1v) is 12.0. The van der Waals surface area contributed by atoms with Gasteiger partial charge in [0.15, 0.2) is 0 Å². The quantitative estimate of drug-likeness (QED) is 0.356. The Hall–Kier alpha value is -1.21. The largest absolute Gasteiger partial charge is 0.444 e. The van der Waals surface area contributed by atoms with Crippen LogP contribution in [0.2, 0.25) is 0 Å². The number of benzene rings is 1. The third kappa shape index (κ3) is 5.38. The molecule has 1 unspecified atom stereocenters. The van der Waals surface area contributed by atoms with Crippen molar-refractivity contribution in [2.24, 2.45) is 0 Å². The van der Waals surface area contributed by atoms with Crippen molar-refractivity contribution in [1.29, 1.82) is 5.41 Å². The van der Waals surface area contributed by atoms with Crippen LogP contribution in [-0.4, -0.2) is 35.9 Å². The molecular formula is C17H22FIN3O2P. The molecule has 136 valence electrons. The molecule has 0 radical (unpaired) electrons. The van der Waals surface area contributed by atoms with Crippen molar-refractivity contribution in [3.8, 4) is 0 Å². The molecule has 0 bridgehead atoms. The lowest BCUT2D eigenvalue weighted by Gasteiger charge is -2.29. The van der Waals surface area contributed by atoms with E-state index in [1.807, 2.05) is 26.8 Å². The number of rotatable bonds is 4. The van der Waals surface area contributed by atoms with E-state index in [9.17, 15) is 9.18 Å². The second-order valence-corrected chi connectivity index (χ2v) is 8.75. The van der Waals surface area contributed by atoms with E-state index in [1.165, 1.54) is 6.07 Å². The molecule has 0 saturated carbocycles. The summed E-state index contributed by atoms with van der Waals surface area (Å²) in [5.41, 5.74) is 2.13. The van der Waals surface area contributed by atoms with Crippen LogP contribution in [0.15, 0.2) is 18.2 Å². The Kier molecular flexibility index (Phi) is 6.79. The predicted molar refractivity (Wildman–Crippen MR) is 111 cm³/mol. The Morgan fingerprint density at radius 1 is 1.48 bits per heavy atom. The lowest BCUT2D eigenvalue weighted by molar-refractivity contribution is 0.0270. The zero-order chi connectivity index (χ0) is 18.6. The molecule has 0 aliphatic carbocycles. The fraction of sp³-hybridized carbons (Fsp3) is 0.412. The van der Waals surface area contributed by atoms with Crippen LogP contribution in [0.1, 0.15) is 38.3 Å². The number of nitrogens with one attached hydrogen (secondary N) is 2. The highest BCUT2D eigenvalue weighted by Crippen LogP contribution is 2.32. The van der Waals surface area contributed by atoms with Crippen molar-refractivity contribution in [2.45, 2.75) is 32.8 Å². The summed E-state index contributed by atoms with van der Waals surface area (Å²) < 4.78 is 19.8. The predicted octanol–water partition coefficient (Wildman–Crippen LogP) is 5.20. The van der Waals surface area contributed by atoms with E-state index in [0.717, 1.165) is 17.5 Å². The van der Waals surface area contributed by atoms with Crippen LogP contribution in [-0.2, 0) is 4.74 Å². The van der Waals surface area contributed by atoms with Gasteiger partial charge in [0.2, 0.25) is 0 Å². The van der Waals surface area contributed by atoms with E-state index >= 15 is 0 Å². The molecule has 5 nitrogen and oxygen atoms in total. The fourth-order valence-electron chi connectivity index (χ4n) is 2.52. The monoisotopic (exact) mass is 477 g/mol. The number of ether oxygens (including phenoxy) is 1. The number of hydrogen-bond donors (Lipinski definition) is 2. The molecule has 0 spiro atoms. The Bertz CT molecular complexity index is 704. The van der Waals surface area contributed by atoms with Gasteiger partial charge in [-0.3, -0.25) is 0 Å². The summed E-state index contributed by atoms with van der Waals surface area (Å²) in [5, 5.41) is 10.6. The molecule has 1 aliphatic heterocycles. The van der Waals surface area contributed by atoms with Gasteiger partial charge in [-0.1, -0.05) is 6.08 Å². The lowest BCUT2D eigenvalue weighted by Crippen LogP contribution is -2.39. The summed E-state index contributed by atoms with van der Waals surface area (Å²) in [5.74, 6) is -0.349. The lowest BCUT2D eigenvalue weighted by atomic mass is 9.97. The molecule has 0 aromatic heterocycles. The molecule has 1 amide bonds. The Balaban J connectivity index is 2.19. The minimum Gasteiger partial charge on any atom is -0.444 e. The number of carbonyl (C=O) groups is 1. The molecule has 8 heteroatoms. The number of halogens is 2. The third-order valence-corrected chi connectivity index (χ3v) is 4.86. The Morgan fingerprint density at radius 2 is 2.20 bits per heavy atom. The Morgan fingerprint density at radius 3 is 2.72 bits per heavy atom. The van der Waals surface area contributed by atoms with Gasteiger partial charge >= 0.3 is 6.09 Å². The molecule has 25 heavy (non-hydrogen) atoms. The molecular weight excluding hydrogens is 455 g/mol. The smallest absolute Gasteiger partial charge is 0.410 e. The van der Waals surface area contributed by atoms with Gasteiger partial charge in [0.1, 0.15) is 11.4 Å². The van der Waals surface area contributed by atoms with Gasteiger partial charge in [-0.2, -0.15) is 0 Å². The fourth-order valence-corrected chi connectivity index (χ4v) is 3.71. The van der Waals surface area contributed by atoms with E-state index < -0.39 is 5.60 Å². The van der Waals surface area contributed by atoms with Crippen LogP contribution in [0.5, 0.6) is 0 Å². The van der Waals surface area contributed by atoms with Crippen molar-refractivity contribution < 1.29 is 13.9 Å². The summed E-state index contributed by atoms with van der Waals surface area (Å²) in [6.45, 7) is 6.38. The highest BCUT2D eigenvalue weighted by molar-refractivity contribution is 14.2. The van der Waals surface area contributed by atoms with Gasteiger partial charge in [-0.15, -0.1) is 0 Å². The maximum atomic E-state index is 14.4. The number of anilines is 1. The maximum absolute atomic E-state index is 14.4. The van der Waals surface area contributed by atoms with Crippen molar-refractivity contribution in [3.63, 3.8) is 0 Å². The SMILES string of the molecule is CC(C)(C)OC(=O)N1CC=C(c2cc(NPI)c(C=N)cc2F)CC1. The van der Waals surface area contributed by atoms with Crippen molar-refractivity contribution in [3.05, 3.63) is 35.2 Å². The molecule has 1 atom stereocenters. The number of nitrogens with zero attached hydrogens (tertiary/aromatic N) is 1. The second kappa shape index (κ2) is 8.45. The second-order valence-electron chi connectivity index (χ2n) is 6.69. The van der Waals surface area contributed by atoms with E-state index in [4.69, 9.17) is 10.1 Å². The van der Waals surface area contributed by atoms with Crippen molar-refractivity contribution in [1.82, 2.24) is 4.90 Å². The van der Waals surface area contributed by atoms with Crippen LogP contribution < -0.4 is 5.09 Å². The van der Waals surface area contributed by atoms with Crippen molar-refractivity contribution in [2.75, 3.05) is 18.2 Å². The molecule has 2 N–H and O–H groups in total. The number of carbonyl (C=O) groups excluding carboxylic acids is 1. The first-order chi connectivity index (χ1) is 11.7. The molecule has 0 fully saturated rings. The third-order valence-electron chi connectivity index (χ3n) is 3.68. The molecule has 1 aromatic carbocycles. The first kappa shape index (κ1) is 20.1. The van der Waals surface area contributed by atoms with Crippen molar-refractivity contribution >= 4 is 52.0 Å². The molecule has 1 aliphatic rings. The van der Waals surface area contributed by atoms with Gasteiger partial charge in [0.05, 0.1) is 0 Å². The maximum Gasteiger partial charge on any atom is 0.410 e. The summed E-state index contributed by atoms with van der Waals surface area (Å²) in [6, 6.07) is 3.12. The summed E-state index contributed by atoms with van der Waals surface area (Å²) in [4.78, 5) is 13.7. The molecule has 1 heterocycles. The topological polar surface area (TPSA) is 65.4 Å². The van der Waals surface area contributed by atoms with Gasteiger partial charge in [-0.05, 0) is 66.9 Å². The van der Waals surface area contributed by atoms with E-state index in [1.54, 1.807) is 11.0 Å². The standard InChI is InChI=1S/C17H22FIN3O2P/c1-17(2,3)24-16(23)22-6-4-11(5-7-22)13-9-15(21-25-19)12(10-20)8-14(13)18/h4,8-10,20-21,25H,5-7H2,1-3H3. The van der Waals surface area contributed by atoms with Crippen LogP contribution >= 0.6 is 28.4 Å². The molecule has 2 rings (SSSR count). The summed E-state index contributed by atoms with van der Waals surface area (Å²) in [7, 11) is 0. The first-order valence-electron chi connectivity index (χ1n) is 7.88. The van der Waals surface area contributed by atoms with Crippen LogP contribution in [0.25, 0.3) is 5.57 Å². The van der Waals surface area contributed by atoms with Crippen LogP contribution in [0.3, 0.4) is 0 Å². The normalized spacial score (nSPS) is 15.2. The Labute approximate surface area is 162 Å². The molecule has 1 aromatic rings. The average molecular weight is 477 g/mol. The highest BCUT2D eigenvalue weighted by atomic mass is 127. The minimum atomic E-state index is -0.531. The zero-order valence-corrected chi connectivity index (χ0v) is 17.6. The van der Waals surface area contributed by atoms with E-state index in [-0.39, 0.29) is 11.9 Å².